The van der Waals surface area contributed by atoms with Gasteiger partial charge in [0, 0.05) is 31.0 Å². The van der Waals surface area contributed by atoms with E-state index < -0.39 is 12.0 Å². The molecule has 0 aliphatic carbocycles. The maximum atomic E-state index is 14.6. The number of rotatable bonds is 12. The van der Waals surface area contributed by atoms with Crippen LogP contribution < -0.4 is 0 Å². The molecule has 1 aromatic heterocycles. The van der Waals surface area contributed by atoms with Crippen LogP contribution in [0, 0.1) is 5.92 Å². The molecule has 0 bridgehead atoms. The lowest BCUT2D eigenvalue weighted by Gasteiger charge is -2.32. The average Bonchev–Trinajstić information content (AvgIpc) is 3.41. The highest BCUT2D eigenvalue weighted by Crippen LogP contribution is 2.37. The van der Waals surface area contributed by atoms with Crippen molar-refractivity contribution < 1.29 is 18.7 Å². The summed E-state index contributed by atoms with van der Waals surface area (Å²) in [7, 11) is 0. The number of amides is 1. The number of carbonyl (C=O) groups excluding carboxylic acids is 1. The molecule has 3 rings (SSSR count). The van der Waals surface area contributed by atoms with Crippen LogP contribution in [0.2, 0.25) is 0 Å². The summed E-state index contributed by atoms with van der Waals surface area (Å²) >= 11 is 0. The molecule has 2 heterocycles. The van der Waals surface area contributed by atoms with Crippen molar-refractivity contribution in [3.05, 3.63) is 41.7 Å². The van der Waals surface area contributed by atoms with Crippen molar-refractivity contribution in [1.29, 1.82) is 0 Å². The molecule has 3 unspecified atom stereocenters. The zero-order valence-corrected chi connectivity index (χ0v) is 17.9. The Morgan fingerprint density at radius 3 is 2.68 bits per heavy atom. The van der Waals surface area contributed by atoms with E-state index in [1.54, 1.807) is 18.2 Å². The van der Waals surface area contributed by atoms with Gasteiger partial charge >= 0.3 is 0 Å². The zero-order chi connectivity index (χ0) is 22.3. The van der Waals surface area contributed by atoms with Crippen molar-refractivity contribution >= 4 is 5.91 Å². The molecular formula is C22H31F2N5O2. The van der Waals surface area contributed by atoms with Gasteiger partial charge in [0.2, 0.25) is 5.91 Å². The zero-order valence-electron chi connectivity index (χ0n) is 17.9. The molecule has 0 saturated carbocycles. The molecule has 1 aliphatic rings. The van der Waals surface area contributed by atoms with E-state index in [1.165, 1.54) is 12.1 Å². The molecule has 0 radical (unpaired) electrons. The topological polar surface area (TPSA) is 95.0 Å². The minimum atomic E-state index is -3.32. The molecule has 170 valence electrons. The third kappa shape index (κ3) is 6.06. The molecule has 1 saturated heterocycles. The van der Waals surface area contributed by atoms with Crippen LogP contribution in [0.3, 0.4) is 0 Å². The predicted molar refractivity (Wildman–Crippen MR) is 111 cm³/mol. The van der Waals surface area contributed by atoms with Gasteiger partial charge in [-0.1, -0.05) is 55.3 Å². The number of likely N-dealkylation sites (tertiary alicyclic amines) is 1. The fourth-order valence-corrected chi connectivity index (χ4v) is 4.36. The monoisotopic (exact) mass is 435 g/mol. The van der Waals surface area contributed by atoms with Crippen molar-refractivity contribution in [3.8, 4) is 0 Å². The van der Waals surface area contributed by atoms with E-state index in [0.717, 1.165) is 32.1 Å². The van der Waals surface area contributed by atoms with E-state index in [9.17, 15) is 18.7 Å². The van der Waals surface area contributed by atoms with E-state index >= 15 is 0 Å². The van der Waals surface area contributed by atoms with Crippen LogP contribution in [-0.4, -0.2) is 55.2 Å². The summed E-state index contributed by atoms with van der Waals surface area (Å²) in [5, 5.41) is 24.1. The van der Waals surface area contributed by atoms with E-state index in [1.807, 2.05) is 11.8 Å². The number of tetrazole rings is 1. The number of carbonyl (C=O) groups is 1. The molecule has 2 N–H and O–H groups in total. The summed E-state index contributed by atoms with van der Waals surface area (Å²) in [5.74, 6) is -2.75. The van der Waals surface area contributed by atoms with Gasteiger partial charge in [-0.3, -0.25) is 4.79 Å². The largest absolute Gasteiger partial charge is 0.386 e. The number of unbranched alkanes of at least 4 members (excludes halogenated alkanes) is 3. The number of aromatic nitrogens is 4. The summed E-state index contributed by atoms with van der Waals surface area (Å²) in [5.41, 5.74) is -0.185. The number of alkyl halides is 2. The Hall–Kier alpha value is -2.42. The Morgan fingerprint density at radius 2 is 1.97 bits per heavy atom. The number of hydrogen-bond donors (Lipinski definition) is 2. The van der Waals surface area contributed by atoms with E-state index in [4.69, 9.17) is 0 Å². The lowest BCUT2D eigenvalue weighted by atomic mass is 9.89. The van der Waals surface area contributed by atoms with Crippen LogP contribution in [0.5, 0.6) is 0 Å². The maximum Gasteiger partial charge on any atom is 0.298 e. The van der Waals surface area contributed by atoms with Gasteiger partial charge in [0.15, 0.2) is 5.82 Å². The van der Waals surface area contributed by atoms with E-state index in [-0.39, 0.29) is 29.9 Å². The van der Waals surface area contributed by atoms with Crippen molar-refractivity contribution in [3.63, 3.8) is 0 Å². The highest BCUT2D eigenvalue weighted by molar-refractivity contribution is 5.78. The number of aryl methyl sites for hydroxylation is 1. The third-order valence-corrected chi connectivity index (χ3v) is 6.14. The number of aliphatic hydroxyl groups is 1. The van der Waals surface area contributed by atoms with Gasteiger partial charge in [-0.25, -0.2) is 0 Å². The molecule has 3 atom stereocenters. The third-order valence-electron chi connectivity index (χ3n) is 6.14. The summed E-state index contributed by atoms with van der Waals surface area (Å²) in [6, 6.07) is 7.31. The second-order valence-corrected chi connectivity index (χ2v) is 8.40. The highest BCUT2D eigenvalue weighted by Gasteiger charge is 2.43. The Morgan fingerprint density at radius 1 is 1.23 bits per heavy atom. The number of halogens is 2. The Labute approximate surface area is 181 Å². The lowest BCUT2D eigenvalue weighted by Crippen LogP contribution is -2.41. The van der Waals surface area contributed by atoms with Crippen molar-refractivity contribution in [2.24, 2.45) is 5.92 Å². The first-order chi connectivity index (χ1) is 14.9. The second kappa shape index (κ2) is 10.7. The molecule has 9 heteroatoms. The molecule has 7 nitrogen and oxygen atoms in total. The van der Waals surface area contributed by atoms with Crippen LogP contribution in [-0.2, 0) is 17.1 Å². The van der Waals surface area contributed by atoms with Crippen LogP contribution in [0.1, 0.15) is 63.3 Å². The number of nitrogens with one attached hydrogen (secondary N) is 1. The summed E-state index contributed by atoms with van der Waals surface area (Å²) < 4.78 is 29.3. The van der Waals surface area contributed by atoms with Crippen molar-refractivity contribution in [2.45, 2.75) is 76.4 Å². The van der Waals surface area contributed by atoms with Gasteiger partial charge in [0.05, 0.1) is 0 Å². The van der Waals surface area contributed by atoms with Gasteiger partial charge in [-0.2, -0.15) is 14.0 Å². The van der Waals surface area contributed by atoms with Crippen molar-refractivity contribution in [1.82, 2.24) is 25.5 Å². The van der Waals surface area contributed by atoms with E-state index in [2.05, 4.69) is 20.6 Å². The number of H-pyrrole nitrogens is 1. The average molecular weight is 436 g/mol. The minimum absolute atomic E-state index is 0.0545. The minimum Gasteiger partial charge on any atom is -0.386 e. The summed E-state index contributed by atoms with van der Waals surface area (Å²) in [6.45, 7) is 2.48. The Balaban J connectivity index is 1.45. The van der Waals surface area contributed by atoms with Gasteiger partial charge in [-0.05, 0) is 31.6 Å². The van der Waals surface area contributed by atoms with Crippen LogP contribution >= 0.6 is 0 Å². The molecule has 1 amide bonds. The molecule has 31 heavy (non-hydrogen) atoms. The smallest absolute Gasteiger partial charge is 0.298 e. The molecule has 2 aromatic rings. The fraction of sp³-hybridized carbons (Fsp3) is 0.636. The molecule has 1 aromatic carbocycles. The summed E-state index contributed by atoms with van der Waals surface area (Å²) in [4.78, 5) is 14.2. The highest BCUT2D eigenvalue weighted by atomic mass is 19.3. The Kier molecular flexibility index (Phi) is 8.06. The quantitative estimate of drug-likeness (QED) is 0.498. The molecule has 0 spiro atoms. The van der Waals surface area contributed by atoms with Crippen LogP contribution in [0.4, 0.5) is 8.78 Å². The predicted octanol–water partition coefficient (Wildman–Crippen LogP) is 3.47. The number of hydrogen-bond acceptors (Lipinski definition) is 5. The molecular weight excluding hydrogens is 404 g/mol. The summed E-state index contributed by atoms with van der Waals surface area (Å²) in [6.07, 6.45) is 3.81. The van der Waals surface area contributed by atoms with Gasteiger partial charge in [0.25, 0.3) is 5.92 Å². The molecule has 1 aliphatic heterocycles. The van der Waals surface area contributed by atoms with Gasteiger partial charge in [0.1, 0.15) is 6.10 Å². The maximum absolute atomic E-state index is 14.6. The van der Waals surface area contributed by atoms with Gasteiger partial charge in [-0.15, -0.1) is 10.2 Å². The first-order valence-electron chi connectivity index (χ1n) is 11.0. The standard InChI is InChI=1S/C22H31F2N5O2/c1-16(15-19(30)22(23,24)17-9-5-4-6-10-17)18-12-13-21(31)29(18)14-8-3-2-7-11-20-25-27-28-26-20/h4-6,9-10,16,18-19,30H,2-3,7-8,11-15H2,1H3,(H,25,26,27,28). The number of benzene rings is 1. The molecule has 1 fully saturated rings. The first kappa shape index (κ1) is 23.2. The number of aromatic amines is 1. The van der Waals surface area contributed by atoms with E-state index in [0.29, 0.717) is 25.2 Å². The second-order valence-electron chi connectivity index (χ2n) is 8.40. The van der Waals surface area contributed by atoms with Crippen LogP contribution in [0.25, 0.3) is 0 Å². The fourth-order valence-electron chi connectivity index (χ4n) is 4.36. The first-order valence-corrected chi connectivity index (χ1v) is 11.0. The van der Waals surface area contributed by atoms with Crippen LogP contribution in [0.15, 0.2) is 30.3 Å². The van der Waals surface area contributed by atoms with Crippen molar-refractivity contribution in [2.75, 3.05) is 6.54 Å². The lowest BCUT2D eigenvalue weighted by molar-refractivity contribution is -0.132. The Bertz CT molecular complexity index is 803. The number of nitrogens with zero attached hydrogens (tertiary/aromatic N) is 4. The van der Waals surface area contributed by atoms with Gasteiger partial charge < -0.3 is 10.0 Å². The number of aliphatic hydroxyl groups excluding tert-OH is 1. The SMILES string of the molecule is CC(CC(O)C(F)(F)c1ccccc1)C1CCC(=O)N1CCCCCCc1nn[nH]n1. The normalized spacial score (nSPS) is 19.0.